The Morgan fingerprint density at radius 3 is 2.70 bits per heavy atom. The summed E-state index contributed by atoms with van der Waals surface area (Å²) >= 11 is 6.01. The number of hydrogen-bond donors (Lipinski definition) is 0. The number of carbonyl (C=O) groups is 2. The molecule has 0 radical (unpaired) electrons. The summed E-state index contributed by atoms with van der Waals surface area (Å²) in [6.45, 7) is 1.85. The highest BCUT2D eigenvalue weighted by Gasteiger charge is 2.34. The molecule has 142 valence electrons. The lowest BCUT2D eigenvalue weighted by atomic mass is 10.1. The maximum atomic E-state index is 12.8. The first-order valence-electron chi connectivity index (χ1n) is 8.53. The Balaban J connectivity index is 1.77. The molecule has 0 N–H and O–H groups in total. The summed E-state index contributed by atoms with van der Waals surface area (Å²) in [5.41, 5.74) is 1.50. The monoisotopic (exact) mass is 388 g/mol. The van der Waals surface area contributed by atoms with Gasteiger partial charge in [0.15, 0.2) is 12.7 Å². The molecule has 1 aliphatic rings. The van der Waals surface area contributed by atoms with Crippen molar-refractivity contribution >= 4 is 29.1 Å². The average Bonchev–Trinajstić information content (AvgIpc) is 2.67. The smallest absolute Gasteiger partial charge is 0.265 e. The second-order valence-electron chi connectivity index (χ2n) is 6.51. The van der Waals surface area contributed by atoms with E-state index in [-0.39, 0.29) is 25.0 Å². The molecule has 0 fully saturated rings. The number of likely N-dealkylation sites (N-methyl/N-ethyl adjacent to an activating group) is 1. The van der Waals surface area contributed by atoms with Crippen molar-refractivity contribution in [3.63, 3.8) is 0 Å². The van der Waals surface area contributed by atoms with Gasteiger partial charge in [0, 0.05) is 19.1 Å². The van der Waals surface area contributed by atoms with Crippen LogP contribution >= 0.6 is 11.6 Å². The fraction of sp³-hybridized carbons (Fsp3) is 0.300. The molecule has 6 nitrogen and oxygen atoms in total. The van der Waals surface area contributed by atoms with Crippen LogP contribution in [0.2, 0.25) is 5.02 Å². The summed E-state index contributed by atoms with van der Waals surface area (Å²) in [6, 6.07) is 12.4. The number of para-hydroxylation sites is 2. The third kappa shape index (κ3) is 4.17. The van der Waals surface area contributed by atoms with E-state index in [0.29, 0.717) is 22.2 Å². The van der Waals surface area contributed by atoms with E-state index in [1.807, 2.05) is 13.0 Å². The van der Waals surface area contributed by atoms with Crippen LogP contribution in [0.3, 0.4) is 0 Å². The summed E-state index contributed by atoms with van der Waals surface area (Å²) in [6.07, 6.45) is -0.753. The molecule has 0 aliphatic carbocycles. The van der Waals surface area contributed by atoms with Crippen LogP contribution in [-0.2, 0) is 9.59 Å². The van der Waals surface area contributed by atoms with Crippen molar-refractivity contribution in [2.75, 3.05) is 32.1 Å². The fourth-order valence-corrected chi connectivity index (χ4v) is 2.93. The molecule has 1 unspecified atom stereocenters. The minimum absolute atomic E-state index is 0.135. The van der Waals surface area contributed by atoms with Gasteiger partial charge in [-0.2, -0.15) is 0 Å². The van der Waals surface area contributed by atoms with Gasteiger partial charge in [0.25, 0.3) is 11.8 Å². The molecule has 0 bridgehead atoms. The van der Waals surface area contributed by atoms with Gasteiger partial charge in [0.2, 0.25) is 0 Å². The molecule has 1 atom stereocenters. The van der Waals surface area contributed by atoms with Gasteiger partial charge in [-0.15, -0.1) is 0 Å². The topological polar surface area (TPSA) is 59.1 Å². The van der Waals surface area contributed by atoms with E-state index in [1.165, 1.54) is 9.80 Å². The molecule has 2 aromatic rings. The number of benzene rings is 2. The Labute approximate surface area is 163 Å². The minimum Gasteiger partial charge on any atom is -0.484 e. The summed E-state index contributed by atoms with van der Waals surface area (Å²) < 4.78 is 11.4. The molecule has 1 aliphatic heterocycles. The minimum atomic E-state index is -0.753. The lowest BCUT2D eigenvalue weighted by Crippen LogP contribution is -2.51. The molecule has 3 rings (SSSR count). The highest BCUT2D eigenvalue weighted by molar-refractivity contribution is 6.31. The standard InChI is InChI=1S/C20H21ClN2O4/c1-13-10-14(8-9-15(13)21)26-12-19(24)23-11-18(20(25)22(2)3)27-17-7-5-4-6-16(17)23/h4-10,18H,11-12H2,1-3H3. The Kier molecular flexibility index (Phi) is 5.56. The van der Waals surface area contributed by atoms with Gasteiger partial charge < -0.3 is 19.3 Å². The zero-order valence-electron chi connectivity index (χ0n) is 15.4. The average molecular weight is 389 g/mol. The summed E-state index contributed by atoms with van der Waals surface area (Å²) in [7, 11) is 3.31. The van der Waals surface area contributed by atoms with E-state index in [9.17, 15) is 9.59 Å². The van der Waals surface area contributed by atoms with Gasteiger partial charge in [0.05, 0.1) is 12.2 Å². The van der Waals surface area contributed by atoms with E-state index in [4.69, 9.17) is 21.1 Å². The molecule has 2 aromatic carbocycles. The van der Waals surface area contributed by atoms with Crippen molar-refractivity contribution < 1.29 is 19.1 Å². The van der Waals surface area contributed by atoms with Crippen LogP contribution in [0, 0.1) is 6.92 Å². The molecular formula is C20H21ClN2O4. The van der Waals surface area contributed by atoms with Crippen molar-refractivity contribution in [2.45, 2.75) is 13.0 Å². The van der Waals surface area contributed by atoms with Crippen LogP contribution in [0.25, 0.3) is 0 Å². The molecule has 2 amide bonds. The molecular weight excluding hydrogens is 368 g/mol. The SMILES string of the molecule is Cc1cc(OCC(=O)N2CC(C(=O)N(C)C)Oc3ccccc32)ccc1Cl. The van der Waals surface area contributed by atoms with Crippen molar-refractivity contribution in [1.82, 2.24) is 4.90 Å². The molecule has 0 saturated heterocycles. The predicted octanol–water partition coefficient (Wildman–Crippen LogP) is 2.91. The Morgan fingerprint density at radius 2 is 2.00 bits per heavy atom. The van der Waals surface area contributed by atoms with Crippen LogP contribution in [-0.4, -0.2) is 50.1 Å². The number of amides is 2. The van der Waals surface area contributed by atoms with Gasteiger partial charge in [-0.25, -0.2) is 0 Å². The van der Waals surface area contributed by atoms with Crippen molar-refractivity contribution in [3.8, 4) is 11.5 Å². The number of ether oxygens (including phenoxy) is 2. The molecule has 0 spiro atoms. The zero-order valence-corrected chi connectivity index (χ0v) is 16.2. The maximum absolute atomic E-state index is 12.8. The number of rotatable bonds is 4. The fourth-order valence-electron chi connectivity index (χ4n) is 2.82. The van der Waals surface area contributed by atoms with Crippen LogP contribution < -0.4 is 14.4 Å². The number of anilines is 1. The van der Waals surface area contributed by atoms with E-state index >= 15 is 0 Å². The number of carbonyl (C=O) groups excluding carboxylic acids is 2. The van der Waals surface area contributed by atoms with Gasteiger partial charge >= 0.3 is 0 Å². The summed E-state index contributed by atoms with van der Waals surface area (Å²) in [4.78, 5) is 28.2. The second-order valence-corrected chi connectivity index (χ2v) is 6.92. The first-order valence-corrected chi connectivity index (χ1v) is 8.91. The van der Waals surface area contributed by atoms with Crippen molar-refractivity contribution in [2.24, 2.45) is 0 Å². The highest BCUT2D eigenvalue weighted by atomic mass is 35.5. The Morgan fingerprint density at radius 1 is 1.26 bits per heavy atom. The molecule has 7 heteroatoms. The third-order valence-corrected chi connectivity index (χ3v) is 4.71. The van der Waals surface area contributed by atoms with Crippen molar-refractivity contribution in [1.29, 1.82) is 0 Å². The lowest BCUT2D eigenvalue weighted by molar-refractivity contribution is -0.136. The number of aryl methyl sites for hydroxylation is 1. The van der Waals surface area contributed by atoms with E-state index in [2.05, 4.69) is 0 Å². The molecule has 27 heavy (non-hydrogen) atoms. The maximum Gasteiger partial charge on any atom is 0.265 e. The van der Waals surface area contributed by atoms with Crippen LogP contribution in [0.15, 0.2) is 42.5 Å². The molecule has 0 aromatic heterocycles. The molecule has 1 heterocycles. The predicted molar refractivity (Wildman–Crippen MR) is 104 cm³/mol. The van der Waals surface area contributed by atoms with Gasteiger partial charge in [-0.05, 0) is 42.8 Å². The van der Waals surface area contributed by atoms with Gasteiger partial charge in [-0.3, -0.25) is 9.59 Å². The number of hydrogen-bond acceptors (Lipinski definition) is 4. The van der Waals surface area contributed by atoms with E-state index in [1.54, 1.807) is 50.5 Å². The molecule has 0 saturated carbocycles. The summed E-state index contributed by atoms with van der Waals surface area (Å²) in [5.74, 6) is 0.610. The largest absolute Gasteiger partial charge is 0.484 e. The number of nitrogens with zero attached hydrogens (tertiary/aromatic N) is 2. The third-order valence-electron chi connectivity index (χ3n) is 4.28. The second kappa shape index (κ2) is 7.88. The quantitative estimate of drug-likeness (QED) is 0.808. The number of fused-ring (bicyclic) bond motifs is 1. The van der Waals surface area contributed by atoms with Crippen LogP contribution in [0.1, 0.15) is 5.56 Å². The highest BCUT2D eigenvalue weighted by Crippen LogP contribution is 2.33. The zero-order chi connectivity index (χ0) is 19.6. The Bertz CT molecular complexity index is 869. The van der Waals surface area contributed by atoms with Crippen LogP contribution in [0.5, 0.6) is 11.5 Å². The Hall–Kier alpha value is -2.73. The first kappa shape index (κ1) is 19.0. The normalized spacial score (nSPS) is 15.6. The van der Waals surface area contributed by atoms with Gasteiger partial charge in [0.1, 0.15) is 11.5 Å². The van der Waals surface area contributed by atoms with Crippen LogP contribution in [0.4, 0.5) is 5.69 Å². The van der Waals surface area contributed by atoms with E-state index in [0.717, 1.165) is 5.56 Å². The summed E-state index contributed by atoms with van der Waals surface area (Å²) in [5, 5.41) is 0.640. The van der Waals surface area contributed by atoms with Gasteiger partial charge in [-0.1, -0.05) is 23.7 Å². The number of halogens is 1. The van der Waals surface area contributed by atoms with E-state index < -0.39 is 6.10 Å². The first-order chi connectivity index (χ1) is 12.9. The van der Waals surface area contributed by atoms with Crippen molar-refractivity contribution in [3.05, 3.63) is 53.1 Å². The lowest BCUT2D eigenvalue weighted by Gasteiger charge is -2.35.